The minimum absolute atomic E-state index is 0.0263. The summed E-state index contributed by atoms with van der Waals surface area (Å²) < 4.78 is 52.6. The maximum Gasteiger partial charge on any atom is 0.226 e. The highest BCUT2D eigenvalue weighted by molar-refractivity contribution is 7.88. The number of ether oxygens (including phenoxy) is 2. The molecule has 2 fully saturated rings. The zero-order valence-corrected chi connectivity index (χ0v) is 21.4. The number of hydrogen-bond donors (Lipinski definition) is 2. The minimum atomic E-state index is -3.36. The fourth-order valence-corrected chi connectivity index (χ4v) is 6.31. The quantitative estimate of drug-likeness (QED) is 0.494. The molecule has 0 aromatic heterocycles. The Morgan fingerprint density at radius 3 is 2.47 bits per heavy atom. The highest BCUT2D eigenvalue weighted by atomic mass is 32.2. The first-order valence-corrected chi connectivity index (χ1v) is 14.4. The smallest absolute Gasteiger partial charge is 0.226 e. The van der Waals surface area contributed by atoms with Crippen LogP contribution in [0.15, 0.2) is 48.5 Å². The summed E-state index contributed by atoms with van der Waals surface area (Å²) in [6.45, 7) is 0.489. The number of hydrogen-bond acceptors (Lipinski definition) is 5. The number of sulfonamides is 1. The van der Waals surface area contributed by atoms with Crippen molar-refractivity contribution in [2.45, 2.75) is 69.6 Å². The number of para-hydroxylation sites is 1. The molecule has 4 rings (SSSR count). The van der Waals surface area contributed by atoms with Crippen LogP contribution in [-0.4, -0.2) is 39.3 Å². The topological polar surface area (TPSA) is 108 Å². The maximum atomic E-state index is 14.7. The van der Waals surface area contributed by atoms with E-state index in [1.807, 2.05) is 36.4 Å². The molecule has 0 spiro atoms. The molecule has 0 aliphatic heterocycles. The summed E-state index contributed by atoms with van der Waals surface area (Å²) in [4.78, 5) is 12.3. The first kappa shape index (κ1) is 26.6. The molecule has 7 nitrogen and oxygen atoms in total. The summed E-state index contributed by atoms with van der Waals surface area (Å²) in [6.07, 6.45) is 5.67. The zero-order chi connectivity index (χ0) is 25.8. The largest absolute Gasteiger partial charge is 0.486 e. The molecule has 3 N–H and O–H groups in total. The van der Waals surface area contributed by atoms with E-state index in [1.165, 1.54) is 6.07 Å². The van der Waals surface area contributed by atoms with Gasteiger partial charge in [0, 0.05) is 11.6 Å². The number of benzene rings is 2. The molecule has 0 heterocycles. The summed E-state index contributed by atoms with van der Waals surface area (Å²) in [7, 11) is -3.36. The molecule has 2 aromatic rings. The minimum Gasteiger partial charge on any atom is -0.486 e. The van der Waals surface area contributed by atoms with Gasteiger partial charge in [-0.2, -0.15) is 0 Å². The molecule has 0 saturated heterocycles. The molecule has 2 aromatic carbocycles. The van der Waals surface area contributed by atoms with E-state index >= 15 is 0 Å². The molecular weight excluding hydrogens is 483 g/mol. The Kier molecular flexibility index (Phi) is 8.32. The molecule has 2 saturated carbocycles. The van der Waals surface area contributed by atoms with Gasteiger partial charge in [-0.15, -0.1) is 0 Å². The van der Waals surface area contributed by atoms with E-state index in [9.17, 15) is 17.6 Å². The fourth-order valence-electron chi connectivity index (χ4n) is 5.50. The second-order valence-corrected chi connectivity index (χ2v) is 12.0. The molecule has 2 atom stereocenters. The molecule has 2 aliphatic rings. The number of carbonyl (C=O) groups excluding carboxylic acids is 1. The van der Waals surface area contributed by atoms with Crippen LogP contribution in [0, 0.1) is 11.2 Å². The number of nitrogens with two attached hydrogens (primary N) is 1. The van der Waals surface area contributed by atoms with E-state index < -0.39 is 21.3 Å². The molecule has 0 unspecified atom stereocenters. The molecular formula is C27H35FN2O5S. The molecule has 196 valence electrons. The SMILES string of the molecule is CS(=O)(=O)N[C@H]1CC[C@](COC2CCC(c3cccc(F)c3OCc3ccccc3)CC2)(C(N)=O)C1. The average Bonchev–Trinajstić information content (AvgIpc) is 3.25. The Hall–Kier alpha value is -2.49. The summed E-state index contributed by atoms with van der Waals surface area (Å²) in [5.74, 6) is -0.335. The van der Waals surface area contributed by atoms with E-state index in [-0.39, 0.29) is 30.5 Å². The molecule has 36 heavy (non-hydrogen) atoms. The molecule has 0 bridgehead atoms. The van der Waals surface area contributed by atoms with Gasteiger partial charge < -0.3 is 15.2 Å². The third-order valence-corrected chi connectivity index (χ3v) is 8.21. The van der Waals surface area contributed by atoms with Crippen molar-refractivity contribution in [1.29, 1.82) is 0 Å². The molecule has 1 amide bonds. The van der Waals surface area contributed by atoms with Crippen molar-refractivity contribution in [3.63, 3.8) is 0 Å². The normalized spacial score (nSPS) is 26.6. The van der Waals surface area contributed by atoms with Gasteiger partial charge in [-0.05, 0) is 62.5 Å². The van der Waals surface area contributed by atoms with Crippen molar-refractivity contribution >= 4 is 15.9 Å². The van der Waals surface area contributed by atoms with Gasteiger partial charge >= 0.3 is 0 Å². The standard InChI is InChI=1S/C27H35FN2O5S/c1-36(32,33)30-21-14-15-27(16-21,26(29)31)18-35-22-12-10-20(11-13-22)23-8-5-9-24(28)25(23)34-17-19-6-3-2-4-7-19/h2-9,20-22,30H,10-18H2,1H3,(H2,29,31)/t20?,21-,22?,27-/m0/s1. The number of nitrogens with one attached hydrogen (secondary N) is 1. The first-order chi connectivity index (χ1) is 17.2. The summed E-state index contributed by atoms with van der Waals surface area (Å²) in [6, 6.07) is 14.5. The van der Waals surface area contributed by atoms with Crippen molar-refractivity contribution in [3.05, 3.63) is 65.5 Å². The van der Waals surface area contributed by atoms with E-state index in [0.717, 1.165) is 43.1 Å². The lowest BCUT2D eigenvalue weighted by molar-refractivity contribution is -0.133. The summed E-state index contributed by atoms with van der Waals surface area (Å²) >= 11 is 0. The Morgan fingerprint density at radius 2 is 1.81 bits per heavy atom. The van der Waals surface area contributed by atoms with Crippen LogP contribution in [-0.2, 0) is 26.2 Å². The zero-order valence-electron chi connectivity index (χ0n) is 20.6. The van der Waals surface area contributed by atoms with Crippen LogP contribution >= 0.6 is 0 Å². The third-order valence-electron chi connectivity index (χ3n) is 7.44. The summed E-state index contributed by atoms with van der Waals surface area (Å²) in [5, 5.41) is 0. The molecule has 9 heteroatoms. The number of halogens is 1. The number of carbonyl (C=O) groups is 1. The molecule has 2 aliphatic carbocycles. The molecule has 0 radical (unpaired) electrons. The Labute approximate surface area is 212 Å². The van der Waals surface area contributed by atoms with Crippen molar-refractivity contribution in [1.82, 2.24) is 4.72 Å². The van der Waals surface area contributed by atoms with Crippen LogP contribution in [0.3, 0.4) is 0 Å². The predicted octanol–water partition coefficient (Wildman–Crippen LogP) is 4.02. The van der Waals surface area contributed by atoms with Crippen LogP contribution < -0.4 is 15.2 Å². The van der Waals surface area contributed by atoms with Gasteiger partial charge in [-0.25, -0.2) is 17.5 Å². The summed E-state index contributed by atoms with van der Waals surface area (Å²) in [5.41, 5.74) is 6.73. The lowest BCUT2D eigenvalue weighted by Crippen LogP contribution is -2.42. The van der Waals surface area contributed by atoms with Crippen LogP contribution in [0.5, 0.6) is 5.75 Å². The van der Waals surface area contributed by atoms with Crippen LogP contribution in [0.1, 0.15) is 62.0 Å². The first-order valence-electron chi connectivity index (χ1n) is 12.5. The lowest BCUT2D eigenvalue weighted by atomic mass is 9.81. The van der Waals surface area contributed by atoms with E-state index in [4.69, 9.17) is 15.2 Å². The van der Waals surface area contributed by atoms with Crippen molar-refractivity contribution in [2.24, 2.45) is 11.1 Å². The highest BCUT2D eigenvalue weighted by Gasteiger charge is 2.45. The van der Waals surface area contributed by atoms with Crippen LogP contribution in [0.2, 0.25) is 0 Å². The third kappa shape index (κ3) is 6.63. The Bertz CT molecular complexity index is 1150. The van der Waals surface area contributed by atoms with Gasteiger partial charge in [0.2, 0.25) is 15.9 Å². The highest BCUT2D eigenvalue weighted by Crippen LogP contribution is 2.42. The van der Waals surface area contributed by atoms with Crippen molar-refractivity contribution in [3.8, 4) is 5.75 Å². The van der Waals surface area contributed by atoms with Crippen LogP contribution in [0.4, 0.5) is 4.39 Å². The Balaban J connectivity index is 1.33. The van der Waals surface area contributed by atoms with E-state index in [0.29, 0.717) is 31.6 Å². The predicted molar refractivity (Wildman–Crippen MR) is 135 cm³/mol. The van der Waals surface area contributed by atoms with Gasteiger partial charge in [0.15, 0.2) is 11.6 Å². The lowest BCUT2D eigenvalue weighted by Gasteiger charge is -2.33. The van der Waals surface area contributed by atoms with Gasteiger partial charge in [0.1, 0.15) is 6.61 Å². The number of primary amides is 1. The van der Waals surface area contributed by atoms with Gasteiger partial charge in [-0.1, -0.05) is 42.5 Å². The second kappa shape index (κ2) is 11.3. The van der Waals surface area contributed by atoms with Crippen LogP contribution in [0.25, 0.3) is 0 Å². The average molecular weight is 519 g/mol. The van der Waals surface area contributed by atoms with Crippen molar-refractivity contribution < 1.29 is 27.1 Å². The number of rotatable bonds is 10. The second-order valence-electron chi connectivity index (χ2n) is 10.2. The Morgan fingerprint density at radius 1 is 1.08 bits per heavy atom. The monoisotopic (exact) mass is 518 g/mol. The van der Waals surface area contributed by atoms with E-state index in [2.05, 4.69) is 4.72 Å². The fraction of sp³-hybridized carbons (Fsp3) is 0.519. The van der Waals surface area contributed by atoms with E-state index in [1.54, 1.807) is 6.07 Å². The maximum absolute atomic E-state index is 14.7. The van der Waals surface area contributed by atoms with Gasteiger partial charge in [0.05, 0.1) is 24.4 Å². The van der Waals surface area contributed by atoms with Gasteiger partial charge in [0.25, 0.3) is 0 Å². The van der Waals surface area contributed by atoms with Gasteiger partial charge in [-0.3, -0.25) is 4.79 Å². The number of amides is 1. The van der Waals surface area contributed by atoms with Crippen molar-refractivity contribution in [2.75, 3.05) is 12.9 Å².